The van der Waals surface area contributed by atoms with Crippen LogP contribution in [0.3, 0.4) is 0 Å². The SMILES string of the molecule is Cc1ccoc1CSCC(O)C(C)C. The van der Waals surface area contributed by atoms with Crippen LogP contribution in [0.5, 0.6) is 0 Å². The Kier molecular flexibility index (Phi) is 4.55. The van der Waals surface area contributed by atoms with Gasteiger partial charge in [-0.05, 0) is 24.5 Å². The molecule has 1 aromatic heterocycles. The first-order valence-electron chi connectivity index (χ1n) is 4.90. The van der Waals surface area contributed by atoms with Gasteiger partial charge in [-0.15, -0.1) is 0 Å². The second-order valence-corrected chi connectivity index (χ2v) is 4.88. The van der Waals surface area contributed by atoms with Gasteiger partial charge in [0.05, 0.1) is 18.1 Å². The van der Waals surface area contributed by atoms with Gasteiger partial charge in [0.25, 0.3) is 0 Å². The molecule has 80 valence electrons. The molecule has 1 unspecified atom stereocenters. The van der Waals surface area contributed by atoms with Crippen LogP contribution < -0.4 is 0 Å². The molecule has 1 heterocycles. The molecular weight excluding hydrogens is 196 g/mol. The topological polar surface area (TPSA) is 33.4 Å². The Hall–Kier alpha value is -0.410. The summed E-state index contributed by atoms with van der Waals surface area (Å²) >= 11 is 1.72. The number of aliphatic hydroxyl groups excluding tert-OH is 1. The van der Waals surface area contributed by atoms with Crippen molar-refractivity contribution in [3.8, 4) is 0 Å². The van der Waals surface area contributed by atoms with Gasteiger partial charge in [0.1, 0.15) is 5.76 Å². The molecule has 0 radical (unpaired) electrons. The minimum atomic E-state index is -0.213. The molecule has 1 aromatic rings. The third-order valence-corrected chi connectivity index (χ3v) is 3.30. The number of aliphatic hydroxyl groups is 1. The zero-order chi connectivity index (χ0) is 10.6. The molecule has 0 saturated heterocycles. The smallest absolute Gasteiger partial charge is 0.116 e. The van der Waals surface area contributed by atoms with E-state index in [1.165, 1.54) is 5.56 Å². The zero-order valence-electron chi connectivity index (χ0n) is 8.99. The van der Waals surface area contributed by atoms with Crippen molar-refractivity contribution in [2.45, 2.75) is 32.6 Å². The van der Waals surface area contributed by atoms with Crippen molar-refractivity contribution in [1.29, 1.82) is 0 Å². The summed E-state index contributed by atoms with van der Waals surface area (Å²) in [5.41, 5.74) is 1.19. The van der Waals surface area contributed by atoms with Crippen LogP contribution in [-0.2, 0) is 5.75 Å². The largest absolute Gasteiger partial charge is 0.468 e. The maximum atomic E-state index is 9.57. The lowest BCUT2D eigenvalue weighted by atomic mass is 10.1. The lowest BCUT2D eigenvalue weighted by molar-refractivity contribution is 0.149. The zero-order valence-corrected chi connectivity index (χ0v) is 9.80. The van der Waals surface area contributed by atoms with Crippen LogP contribution in [0.25, 0.3) is 0 Å². The predicted molar refractivity (Wildman–Crippen MR) is 60.5 cm³/mol. The third-order valence-electron chi connectivity index (χ3n) is 2.26. The van der Waals surface area contributed by atoms with Gasteiger partial charge in [0, 0.05) is 5.75 Å². The normalized spacial score (nSPS) is 13.5. The Labute approximate surface area is 89.7 Å². The molecule has 0 aliphatic carbocycles. The summed E-state index contributed by atoms with van der Waals surface area (Å²) in [4.78, 5) is 0. The van der Waals surface area contributed by atoms with E-state index in [2.05, 4.69) is 0 Å². The summed E-state index contributed by atoms with van der Waals surface area (Å²) in [6.07, 6.45) is 1.50. The van der Waals surface area contributed by atoms with Crippen molar-refractivity contribution in [2.75, 3.05) is 5.75 Å². The molecular formula is C11H18O2S. The van der Waals surface area contributed by atoms with E-state index in [9.17, 15) is 5.11 Å². The number of furan rings is 1. The number of thioether (sulfide) groups is 1. The Morgan fingerprint density at radius 3 is 2.71 bits per heavy atom. The van der Waals surface area contributed by atoms with Gasteiger partial charge in [0.2, 0.25) is 0 Å². The van der Waals surface area contributed by atoms with E-state index in [0.29, 0.717) is 5.92 Å². The van der Waals surface area contributed by atoms with Crippen molar-refractivity contribution >= 4 is 11.8 Å². The molecule has 1 N–H and O–H groups in total. The minimum Gasteiger partial charge on any atom is -0.468 e. The van der Waals surface area contributed by atoms with Gasteiger partial charge in [-0.25, -0.2) is 0 Å². The summed E-state index contributed by atoms with van der Waals surface area (Å²) in [6, 6.07) is 1.97. The molecule has 1 rings (SSSR count). The highest BCUT2D eigenvalue weighted by Gasteiger charge is 2.09. The molecule has 0 bridgehead atoms. The maximum absolute atomic E-state index is 9.57. The van der Waals surface area contributed by atoms with Crippen LogP contribution in [0.15, 0.2) is 16.7 Å². The van der Waals surface area contributed by atoms with E-state index in [4.69, 9.17) is 4.42 Å². The average molecular weight is 214 g/mol. The Balaban J connectivity index is 2.25. The van der Waals surface area contributed by atoms with Gasteiger partial charge >= 0.3 is 0 Å². The van der Waals surface area contributed by atoms with Crippen LogP contribution in [0.4, 0.5) is 0 Å². The molecule has 0 fully saturated rings. The van der Waals surface area contributed by atoms with E-state index in [1.807, 2.05) is 26.8 Å². The standard InChI is InChI=1S/C11H18O2S/c1-8(2)10(12)6-14-7-11-9(3)4-5-13-11/h4-5,8,10,12H,6-7H2,1-3H3. The average Bonchev–Trinajstić information content (AvgIpc) is 2.51. The van der Waals surface area contributed by atoms with Crippen LogP contribution >= 0.6 is 11.8 Å². The molecule has 1 atom stereocenters. The molecule has 2 nitrogen and oxygen atoms in total. The van der Waals surface area contributed by atoms with Crippen molar-refractivity contribution in [2.24, 2.45) is 5.92 Å². The van der Waals surface area contributed by atoms with E-state index >= 15 is 0 Å². The highest BCUT2D eigenvalue weighted by Crippen LogP contribution is 2.19. The first-order valence-corrected chi connectivity index (χ1v) is 6.05. The molecule has 0 aromatic carbocycles. The second kappa shape index (κ2) is 5.47. The fourth-order valence-corrected chi connectivity index (χ4v) is 2.24. The fraction of sp³-hybridized carbons (Fsp3) is 0.636. The number of aryl methyl sites for hydroxylation is 1. The van der Waals surface area contributed by atoms with Crippen LogP contribution in [0, 0.1) is 12.8 Å². The number of rotatable bonds is 5. The molecule has 0 aliphatic rings. The second-order valence-electron chi connectivity index (χ2n) is 3.85. The quantitative estimate of drug-likeness (QED) is 0.818. The van der Waals surface area contributed by atoms with E-state index in [-0.39, 0.29) is 6.10 Å². The fourth-order valence-electron chi connectivity index (χ4n) is 1.02. The van der Waals surface area contributed by atoms with Crippen LogP contribution in [-0.4, -0.2) is 17.0 Å². The molecule has 0 spiro atoms. The lowest BCUT2D eigenvalue weighted by Gasteiger charge is -2.13. The first kappa shape index (κ1) is 11.7. The maximum Gasteiger partial charge on any atom is 0.116 e. The van der Waals surface area contributed by atoms with E-state index in [0.717, 1.165) is 17.3 Å². The van der Waals surface area contributed by atoms with Gasteiger partial charge in [-0.2, -0.15) is 11.8 Å². The van der Waals surface area contributed by atoms with Gasteiger partial charge in [-0.1, -0.05) is 13.8 Å². The highest BCUT2D eigenvalue weighted by atomic mass is 32.2. The Morgan fingerprint density at radius 1 is 1.50 bits per heavy atom. The number of hydrogen-bond donors (Lipinski definition) is 1. The molecule has 0 amide bonds. The van der Waals surface area contributed by atoms with E-state index in [1.54, 1.807) is 18.0 Å². The van der Waals surface area contributed by atoms with Crippen molar-refractivity contribution < 1.29 is 9.52 Å². The van der Waals surface area contributed by atoms with Gasteiger partial charge in [0.15, 0.2) is 0 Å². The lowest BCUT2D eigenvalue weighted by Crippen LogP contribution is -2.17. The Bertz CT molecular complexity index is 268. The predicted octanol–water partition coefficient (Wildman–Crippen LogP) is 2.84. The summed E-state index contributed by atoms with van der Waals surface area (Å²) in [5, 5.41) is 9.57. The van der Waals surface area contributed by atoms with Gasteiger partial charge < -0.3 is 9.52 Å². The Morgan fingerprint density at radius 2 is 2.21 bits per heavy atom. The van der Waals surface area contributed by atoms with E-state index < -0.39 is 0 Å². The molecule has 14 heavy (non-hydrogen) atoms. The number of hydrogen-bond acceptors (Lipinski definition) is 3. The minimum absolute atomic E-state index is 0.213. The van der Waals surface area contributed by atoms with Crippen LogP contribution in [0.2, 0.25) is 0 Å². The van der Waals surface area contributed by atoms with Gasteiger partial charge in [-0.3, -0.25) is 0 Å². The molecule has 0 saturated carbocycles. The summed E-state index contributed by atoms with van der Waals surface area (Å²) in [5.74, 6) is 2.98. The van der Waals surface area contributed by atoms with Crippen LogP contribution in [0.1, 0.15) is 25.2 Å². The first-order chi connectivity index (χ1) is 6.61. The summed E-state index contributed by atoms with van der Waals surface area (Å²) in [6.45, 7) is 6.10. The molecule has 3 heteroatoms. The summed E-state index contributed by atoms with van der Waals surface area (Å²) < 4.78 is 5.30. The van der Waals surface area contributed by atoms with Crippen molar-refractivity contribution in [1.82, 2.24) is 0 Å². The monoisotopic (exact) mass is 214 g/mol. The molecule has 0 aliphatic heterocycles. The summed E-state index contributed by atoms with van der Waals surface area (Å²) in [7, 11) is 0. The van der Waals surface area contributed by atoms with Crippen molar-refractivity contribution in [3.63, 3.8) is 0 Å². The van der Waals surface area contributed by atoms with Crippen molar-refractivity contribution in [3.05, 3.63) is 23.7 Å². The highest BCUT2D eigenvalue weighted by molar-refractivity contribution is 7.98. The third kappa shape index (κ3) is 3.39.